The molecule has 1 aromatic heterocycles. The Morgan fingerprint density at radius 2 is 1.69 bits per heavy atom. The van der Waals surface area contributed by atoms with Gasteiger partial charge in [-0.1, -0.05) is 61.2 Å². The summed E-state index contributed by atoms with van der Waals surface area (Å²) in [6, 6.07) is 26.9. The Labute approximate surface area is 186 Å². The second-order valence-electron chi connectivity index (χ2n) is 7.38. The van der Waals surface area contributed by atoms with Crippen LogP contribution in [0.4, 0.5) is 0 Å². The largest absolute Gasteiger partial charge is 0.487 e. The van der Waals surface area contributed by atoms with Gasteiger partial charge in [0.25, 0.3) is 0 Å². The van der Waals surface area contributed by atoms with E-state index < -0.39 is 12.1 Å². The van der Waals surface area contributed by atoms with Crippen molar-refractivity contribution < 1.29 is 19.4 Å². The summed E-state index contributed by atoms with van der Waals surface area (Å²) in [5.41, 5.74) is 4.17. The maximum absolute atomic E-state index is 11.2. The van der Waals surface area contributed by atoms with Gasteiger partial charge in [0, 0.05) is 10.9 Å². The number of carboxylic acids is 1. The normalized spacial score (nSPS) is 11.7. The molecule has 0 saturated heterocycles. The SMILES string of the molecule is C=C(c1ccc(OCc2ccc3ccccc3n2)cc1)c1ccccc1OC(C)C(=O)O. The Balaban J connectivity index is 1.45. The third-order valence-electron chi connectivity index (χ3n) is 5.11. The lowest BCUT2D eigenvalue weighted by atomic mass is 9.98. The quantitative estimate of drug-likeness (QED) is 0.391. The third kappa shape index (κ3) is 4.78. The van der Waals surface area contributed by atoms with Crippen LogP contribution in [0.2, 0.25) is 0 Å². The van der Waals surface area contributed by atoms with Crippen molar-refractivity contribution in [1.82, 2.24) is 4.98 Å². The molecule has 4 aromatic rings. The fourth-order valence-corrected chi connectivity index (χ4v) is 3.31. The molecule has 0 saturated carbocycles. The van der Waals surface area contributed by atoms with E-state index >= 15 is 0 Å². The summed E-state index contributed by atoms with van der Waals surface area (Å²) in [4.78, 5) is 15.8. The van der Waals surface area contributed by atoms with Crippen LogP contribution in [0.3, 0.4) is 0 Å². The molecule has 0 amide bonds. The first-order chi connectivity index (χ1) is 15.5. The minimum absolute atomic E-state index is 0.370. The topological polar surface area (TPSA) is 68.7 Å². The number of benzene rings is 3. The zero-order chi connectivity index (χ0) is 22.5. The molecule has 0 fully saturated rings. The fraction of sp³-hybridized carbons (Fsp3) is 0.111. The van der Waals surface area contributed by atoms with Gasteiger partial charge in [0.05, 0.1) is 11.2 Å². The zero-order valence-electron chi connectivity index (χ0n) is 17.7. The molecule has 1 atom stereocenters. The number of hydrogen-bond acceptors (Lipinski definition) is 4. The highest BCUT2D eigenvalue weighted by Crippen LogP contribution is 2.31. The van der Waals surface area contributed by atoms with Gasteiger partial charge < -0.3 is 14.6 Å². The van der Waals surface area contributed by atoms with Crippen LogP contribution >= 0.6 is 0 Å². The third-order valence-corrected chi connectivity index (χ3v) is 5.11. The Morgan fingerprint density at radius 3 is 2.47 bits per heavy atom. The van der Waals surface area contributed by atoms with E-state index in [0.717, 1.165) is 39.0 Å². The molecule has 5 heteroatoms. The van der Waals surface area contributed by atoms with Gasteiger partial charge in [0.15, 0.2) is 6.10 Å². The lowest BCUT2D eigenvalue weighted by Gasteiger charge is -2.16. The smallest absolute Gasteiger partial charge is 0.344 e. The number of aromatic nitrogens is 1. The lowest BCUT2D eigenvalue weighted by Crippen LogP contribution is -2.23. The van der Waals surface area contributed by atoms with E-state index in [1.165, 1.54) is 6.92 Å². The molecule has 0 aliphatic carbocycles. The minimum Gasteiger partial charge on any atom is -0.487 e. The van der Waals surface area contributed by atoms with Crippen molar-refractivity contribution in [1.29, 1.82) is 0 Å². The van der Waals surface area contributed by atoms with Gasteiger partial charge in [-0.15, -0.1) is 0 Å². The molecule has 3 aromatic carbocycles. The van der Waals surface area contributed by atoms with E-state index in [1.807, 2.05) is 72.8 Å². The molecule has 160 valence electrons. The first kappa shape index (κ1) is 21.1. The standard InChI is InChI=1S/C27H23NO4/c1-18(24-8-4-6-10-26(24)32-19(2)27(29)30)20-12-15-23(16-13-20)31-17-22-14-11-21-7-3-5-9-25(21)28-22/h3-16,19H,1,17H2,2H3,(H,29,30). The van der Waals surface area contributed by atoms with Gasteiger partial charge >= 0.3 is 5.97 Å². The van der Waals surface area contributed by atoms with Gasteiger partial charge in [-0.3, -0.25) is 0 Å². The Morgan fingerprint density at radius 1 is 0.969 bits per heavy atom. The van der Waals surface area contributed by atoms with Crippen molar-refractivity contribution in [2.75, 3.05) is 0 Å². The number of pyridine rings is 1. The Hall–Kier alpha value is -4.12. The molecule has 0 aliphatic heterocycles. The van der Waals surface area contributed by atoms with Crippen LogP contribution in [0.5, 0.6) is 11.5 Å². The number of para-hydroxylation sites is 2. The summed E-state index contributed by atoms with van der Waals surface area (Å²) in [5.74, 6) is 0.184. The molecule has 0 aliphatic rings. The number of ether oxygens (including phenoxy) is 2. The second-order valence-corrected chi connectivity index (χ2v) is 7.38. The summed E-state index contributed by atoms with van der Waals surface area (Å²) < 4.78 is 11.5. The predicted octanol–water partition coefficient (Wildman–Crippen LogP) is 5.73. The van der Waals surface area contributed by atoms with Crippen molar-refractivity contribution in [2.24, 2.45) is 0 Å². The van der Waals surface area contributed by atoms with Gasteiger partial charge in [-0.25, -0.2) is 9.78 Å². The lowest BCUT2D eigenvalue weighted by molar-refractivity contribution is -0.144. The van der Waals surface area contributed by atoms with Gasteiger partial charge in [0.2, 0.25) is 0 Å². The first-order valence-corrected chi connectivity index (χ1v) is 10.3. The summed E-state index contributed by atoms with van der Waals surface area (Å²) in [7, 11) is 0. The average molecular weight is 425 g/mol. The zero-order valence-corrected chi connectivity index (χ0v) is 17.7. The number of carbonyl (C=O) groups is 1. The first-order valence-electron chi connectivity index (χ1n) is 10.3. The predicted molar refractivity (Wildman–Crippen MR) is 125 cm³/mol. The number of aliphatic carboxylic acids is 1. The van der Waals surface area contributed by atoms with Crippen LogP contribution in [-0.2, 0) is 11.4 Å². The molecule has 1 unspecified atom stereocenters. The summed E-state index contributed by atoms with van der Waals surface area (Å²) in [5, 5.41) is 10.2. The van der Waals surface area contributed by atoms with Crippen molar-refractivity contribution in [2.45, 2.75) is 19.6 Å². The number of rotatable bonds is 8. The van der Waals surface area contributed by atoms with Gasteiger partial charge in [-0.2, -0.15) is 0 Å². The monoisotopic (exact) mass is 425 g/mol. The van der Waals surface area contributed by atoms with E-state index in [-0.39, 0.29) is 0 Å². The van der Waals surface area contributed by atoms with E-state index in [9.17, 15) is 4.79 Å². The van der Waals surface area contributed by atoms with Crippen molar-refractivity contribution in [3.05, 3.63) is 108 Å². The Bertz CT molecular complexity index is 1260. The highest BCUT2D eigenvalue weighted by molar-refractivity contribution is 5.82. The number of carboxylic acid groups (broad SMARTS) is 1. The molecule has 4 rings (SSSR count). The number of nitrogens with zero attached hydrogens (tertiary/aromatic N) is 1. The number of hydrogen-bond donors (Lipinski definition) is 1. The van der Waals surface area contributed by atoms with Crippen molar-refractivity contribution in [3.8, 4) is 11.5 Å². The van der Waals surface area contributed by atoms with Crippen LogP contribution < -0.4 is 9.47 Å². The molecule has 5 nitrogen and oxygen atoms in total. The van der Waals surface area contributed by atoms with Gasteiger partial charge in [0.1, 0.15) is 18.1 Å². The van der Waals surface area contributed by atoms with Crippen LogP contribution in [-0.4, -0.2) is 22.2 Å². The summed E-state index contributed by atoms with van der Waals surface area (Å²) in [6.07, 6.45) is -0.955. The van der Waals surface area contributed by atoms with Crippen LogP contribution in [0.15, 0.2) is 91.5 Å². The van der Waals surface area contributed by atoms with Crippen LogP contribution in [0, 0.1) is 0 Å². The van der Waals surface area contributed by atoms with Crippen molar-refractivity contribution >= 4 is 22.4 Å². The minimum atomic E-state index is -1.02. The van der Waals surface area contributed by atoms with E-state index in [1.54, 1.807) is 12.1 Å². The molecule has 0 bridgehead atoms. The molecule has 1 N–H and O–H groups in total. The van der Waals surface area contributed by atoms with Crippen LogP contribution in [0.25, 0.3) is 16.5 Å². The van der Waals surface area contributed by atoms with Gasteiger partial charge in [-0.05, 0) is 48.4 Å². The fourth-order valence-electron chi connectivity index (χ4n) is 3.31. The summed E-state index contributed by atoms with van der Waals surface area (Å²) in [6.45, 7) is 6.05. The van der Waals surface area contributed by atoms with E-state index in [4.69, 9.17) is 14.6 Å². The average Bonchev–Trinajstić information content (AvgIpc) is 2.83. The highest BCUT2D eigenvalue weighted by atomic mass is 16.5. The molecule has 32 heavy (non-hydrogen) atoms. The number of fused-ring (bicyclic) bond motifs is 1. The molecule has 0 radical (unpaired) electrons. The molecule has 1 heterocycles. The summed E-state index contributed by atoms with van der Waals surface area (Å²) >= 11 is 0. The molecular weight excluding hydrogens is 402 g/mol. The van der Waals surface area contributed by atoms with Crippen molar-refractivity contribution in [3.63, 3.8) is 0 Å². The Kier molecular flexibility index (Phi) is 6.17. The van der Waals surface area contributed by atoms with E-state index in [0.29, 0.717) is 12.4 Å². The maximum Gasteiger partial charge on any atom is 0.344 e. The maximum atomic E-state index is 11.2. The molecule has 0 spiro atoms. The second kappa shape index (κ2) is 9.35. The highest BCUT2D eigenvalue weighted by Gasteiger charge is 2.16. The van der Waals surface area contributed by atoms with E-state index in [2.05, 4.69) is 11.6 Å². The molecular formula is C27H23NO4. The van der Waals surface area contributed by atoms with Crippen LogP contribution in [0.1, 0.15) is 23.7 Å².